The molecule has 1 fully saturated rings. The number of nitrogens with two attached hydrogens (primary N) is 2. The van der Waals surface area contributed by atoms with Gasteiger partial charge in [-0.25, -0.2) is 13.8 Å². The molecule has 6 N–H and O–H groups in total. The Hall–Kier alpha value is -2.81. The summed E-state index contributed by atoms with van der Waals surface area (Å²) in [7, 11) is 1.64. The summed E-state index contributed by atoms with van der Waals surface area (Å²) in [5, 5.41) is 17.3. The minimum Gasteiger partial charge on any atom is -0.389 e. The Morgan fingerprint density at radius 3 is 2.77 bits per heavy atom. The largest absolute Gasteiger partial charge is 0.417 e. The Labute approximate surface area is 200 Å². The second-order valence-corrected chi connectivity index (χ2v) is 9.15. The number of aliphatic hydroxyl groups is 1. The molecule has 4 rings (SSSR count). The summed E-state index contributed by atoms with van der Waals surface area (Å²) in [5.74, 6) is -1.12. The van der Waals surface area contributed by atoms with Crippen LogP contribution in [0.3, 0.4) is 0 Å². The van der Waals surface area contributed by atoms with Gasteiger partial charge in [-0.3, -0.25) is 4.68 Å². The first kappa shape index (κ1) is 25.3. The molecule has 190 valence electrons. The van der Waals surface area contributed by atoms with Gasteiger partial charge in [0.25, 0.3) is 0 Å². The number of anilines is 2. The molecule has 35 heavy (non-hydrogen) atoms. The summed E-state index contributed by atoms with van der Waals surface area (Å²) in [6.45, 7) is -0.203. The average molecular weight is 519 g/mol. The molecule has 1 aliphatic rings. The molecular formula is C21H23F5N6O2S. The van der Waals surface area contributed by atoms with Crippen molar-refractivity contribution in [3.63, 3.8) is 0 Å². The molecule has 3 aromatic rings. The molecule has 14 heteroatoms. The molecule has 0 bridgehead atoms. The SMILES string of the molecule is Cn1ncc(NC(O)c2nc(-c3c(F)cccc3C(F)(F)F)sc2N)c1[C@@H]1CC[C@@H](N)[C@@H](F)CO1. The van der Waals surface area contributed by atoms with Gasteiger partial charge in [0.15, 0.2) is 6.23 Å². The Kier molecular flexibility index (Phi) is 6.99. The van der Waals surface area contributed by atoms with E-state index >= 15 is 0 Å². The molecule has 0 amide bonds. The predicted octanol–water partition coefficient (Wildman–Crippen LogP) is 3.90. The van der Waals surface area contributed by atoms with Crippen molar-refractivity contribution in [2.75, 3.05) is 17.7 Å². The van der Waals surface area contributed by atoms with Gasteiger partial charge in [0.05, 0.1) is 35.3 Å². The Bertz CT molecular complexity index is 1190. The summed E-state index contributed by atoms with van der Waals surface area (Å²) < 4.78 is 75.8. The number of hydrogen-bond donors (Lipinski definition) is 4. The summed E-state index contributed by atoms with van der Waals surface area (Å²) >= 11 is 0.617. The highest BCUT2D eigenvalue weighted by Gasteiger charge is 2.36. The van der Waals surface area contributed by atoms with Gasteiger partial charge in [-0.15, -0.1) is 0 Å². The average Bonchev–Trinajstić information content (AvgIpc) is 3.29. The predicted molar refractivity (Wildman–Crippen MR) is 120 cm³/mol. The molecule has 0 aliphatic carbocycles. The van der Waals surface area contributed by atoms with E-state index in [1.807, 2.05) is 0 Å². The first-order valence-corrected chi connectivity index (χ1v) is 11.4. The summed E-state index contributed by atoms with van der Waals surface area (Å²) in [5.41, 5.74) is 10.4. The number of benzene rings is 1. The number of nitrogens with zero attached hydrogens (tertiary/aromatic N) is 3. The highest BCUT2D eigenvalue weighted by Crippen LogP contribution is 2.42. The molecule has 0 spiro atoms. The number of alkyl halides is 4. The molecular weight excluding hydrogens is 495 g/mol. The lowest BCUT2D eigenvalue weighted by Gasteiger charge is -2.19. The van der Waals surface area contributed by atoms with Crippen LogP contribution in [0.2, 0.25) is 0 Å². The van der Waals surface area contributed by atoms with E-state index in [1.54, 1.807) is 7.05 Å². The van der Waals surface area contributed by atoms with Crippen LogP contribution in [0.4, 0.5) is 32.6 Å². The number of nitrogen functional groups attached to an aromatic ring is 1. The van der Waals surface area contributed by atoms with Crippen LogP contribution in [-0.2, 0) is 18.0 Å². The Morgan fingerprint density at radius 2 is 2.06 bits per heavy atom. The van der Waals surface area contributed by atoms with Gasteiger partial charge in [-0.2, -0.15) is 18.3 Å². The van der Waals surface area contributed by atoms with Crippen LogP contribution in [0, 0.1) is 5.82 Å². The van der Waals surface area contributed by atoms with Crippen LogP contribution in [0.25, 0.3) is 10.6 Å². The zero-order valence-electron chi connectivity index (χ0n) is 18.4. The molecule has 3 heterocycles. The van der Waals surface area contributed by atoms with Crippen molar-refractivity contribution in [3.05, 3.63) is 47.2 Å². The third kappa shape index (κ3) is 5.10. The zero-order chi connectivity index (χ0) is 25.5. The van der Waals surface area contributed by atoms with Crippen molar-refractivity contribution in [2.24, 2.45) is 12.8 Å². The van der Waals surface area contributed by atoms with Gasteiger partial charge in [-0.1, -0.05) is 17.4 Å². The summed E-state index contributed by atoms with van der Waals surface area (Å²) in [6, 6.07) is 1.92. The Morgan fingerprint density at radius 1 is 1.31 bits per heavy atom. The Balaban J connectivity index is 1.62. The lowest BCUT2D eigenvalue weighted by atomic mass is 10.0. The number of aromatic nitrogens is 3. The van der Waals surface area contributed by atoms with Crippen molar-refractivity contribution in [2.45, 2.75) is 43.6 Å². The lowest BCUT2D eigenvalue weighted by Crippen LogP contribution is -2.32. The molecule has 0 saturated carbocycles. The zero-order valence-corrected chi connectivity index (χ0v) is 19.2. The van der Waals surface area contributed by atoms with E-state index in [0.717, 1.165) is 18.2 Å². The number of ether oxygens (including phenoxy) is 1. The normalized spacial score (nSPS) is 22.1. The maximum atomic E-state index is 14.4. The monoisotopic (exact) mass is 518 g/mol. The summed E-state index contributed by atoms with van der Waals surface area (Å²) in [6.07, 6.45) is -6.09. The van der Waals surface area contributed by atoms with Gasteiger partial charge in [0.1, 0.15) is 33.8 Å². The van der Waals surface area contributed by atoms with Gasteiger partial charge < -0.3 is 26.6 Å². The van der Waals surface area contributed by atoms with E-state index in [-0.39, 0.29) is 22.3 Å². The van der Waals surface area contributed by atoms with E-state index in [0.29, 0.717) is 35.6 Å². The molecule has 1 unspecified atom stereocenters. The second-order valence-electron chi connectivity index (χ2n) is 8.12. The molecule has 2 aromatic heterocycles. The number of nitrogens with one attached hydrogen (secondary N) is 1. The van der Waals surface area contributed by atoms with Crippen molar-refractivity contribution in [3.8, 4) is 10.6 Å². The van der Waals surface area contributed by atoms with E-state index in [4.69, 9.17) is 16.2 Å². The maximum absolute atomic E-state index is 14.4. The topological polar surface area (TPSA) is 124 Å². The number of aliphatic hydroxyl groups excluding tert-OH is 1. The number of rotatable bonds is 5. The fraction of sp³-hybridized carbons (Fsp3) is 0.429. The van der Waals surface area contributed by atoms with E-state index in [9.17, 15) is 27.1 Å². The van der Waals surface area contributed by atoms with Crippen LogP contribution in [0.15, 0.2) is 24.4 Å². The van der Waals surface area contributed by atoms with Gasteiger partial charge >= 0.3 is 6.18 Å². The third-order valence-corrected chi connectivity index (χ3v) is 6.66. The fourth-order valence-corrected chi connectivity index (χ4v) is 4.86. The van der Waals surface area contributed by atoms with Gasteiger partial charge in [0.2, 0.25) is 0 Å². The van der Waals surface area contributed by atoms with Crippen molar-refractivity contribution in [1.29, 1.82) is 0 Å². The van der Waals surface area contributed by atoms with Crippen molar-refractivity contribution >= 4 is 22.0 Å². The minimum absolute atomic E-state index is 0.0984. The number of thiazole rings is 1. The van der Waals surface area contributed by atoms with E-state index < -0.39 is 47.7 Å². The first-order chi connectivity index (χ1) is 16.5. The smallest absolute Gasteiger partial charge is 0.389 e. The number of halogens is 5. The van der Waals surface area contributed by atoms with Crippen LogP contribution in [-0.4, -0.2) is 38.7 Å². The van der Waals surface area contributed by atoms with E-state index in [2.05, 4.69) is 15.4 Å². The van der Waals surface area contributed by atoms with Crippen molar-refractivity contribution in [1.82, 2.24) is 14.8 Å². The van der Waals surface area contributed by atoms with Crippen LogP contribution in [0.5, 0.6) is 0 Å². The molecule has 1 saturated heterocycles. The molecule has 1 aromatic carbocycles. The molecule has 4 atom stereocenters. The maximum Gasteiger partial charge on any atom is 0.417 e. The lowest BCUT2D eigenvalue weighted by molar-refractivity contribution is -0.137. The molecule has 1 aliphatic heterocycles. The summed E-state index contributed by atoms with van der Waals surface area (Å²) in [4.78, 5) is 4.01. The third-order valence-electron chi connectivity index (χ3n) is 5.74. The highest BCUT2D eigenvalue weighted by atomic mass is 32.1. The van der Waals surface area contributed by atoms with Crippen molar-refractivity contribution < 1.29 is 31.8 Å². The first-order valence-electron chi connectivity index (χ1n) is 10.6. The van der Waals surface area contributed by atoms with Crippen LogP contribution >= 0.6 is 11.3 Å². The number of hydrogen-bond acceptors (Lipinski definition) is 8. The van der Waals surface area contributed by atoms with Crippen LogP contribution < -0.4 is 16.8 Å². The highest BCUT2D eigenvalue weighted by molar-refractivity contribution is 7.19. The standard InChI is InChI=1S/C21H23F5N6O2S/c1-32-17(14-6-5-12(27)11(23)8-34-14)13(7-29-32)30-19(33)16-18(28)35-20(31-16)15-9(21(24,25)26)3-2-4-10(15)22/h2-4,7,11-12,14,19,30,33H,5-6,8,27-28H2,1H3/t11-,12+,14-,19?/m0/s1. The van der Waals surface area contributed by atoms with Gasteiger partial charge in [-0.05, 0) is 25.0 Å². The fourth-order valence-electron chi connectivity index (χ4n) is 3.94. The quantitative estimate of drug-likeness (QED) is 0.298. The number of aryl methyl sites for hydroxylation is 1. The molecule has 8 nitrogen and oxygen atoms in total. The molecule has 0 radical (unpaired) electrons. The van der Waals surface area contributed by atoms with Crippen LogP contribution in [0.1, 0.15) is 42.1 Å². The van der Waals surface area contributed by atoms with Gasteiger partial charge in [0, 0.05) is 13.1 Å². The minimum atomic E-state index is -4.82. The second kappa shape index (κ2) is 9.68. The van der Waals surface area contributed by atoms with E-state index in [1.165, 1.54) is 10.9 Å².